The van der Waals surface area contributed by atoms with Crippen molar-refractivity contribution in [3.05, 3.63) is 22.4 Å². The summed E-state index contributed by atoms with van der Waals surface area (Å²) in [6.07, 6.45) is 10.1. The van der Waals surface area contributed by atoms with E-state index < -0.39 is 0 Å². The van der Waals surface area contributed by atoms with E-state index in [1.165, 1.54) is 32.1 Å². The van der Waals surface area contributed by atoms with E-state index in [2.05, 4.69) is 0 Å². The summed E-state index contributed by atoms with van der Waals surface area (Å²) in [5.41, 5.74) is 0. The minimum atomic E-state index is -0.386. The molecule has 3 nitrogen and oxygen atoms in total. The molecule has 0 radical (unpaired) electrons. The highest BCUT2D eigenvalue weighted by Crippen LogP contribution is 2.26. The van der Waals surface area contributed by atoms with E-state index in [0.717, 1.165) is 12.6 Å². The van der Waals surface area contributed by atoms with Crippen LogP contribution >= 0.6 is 0 Å². The molecule has 0 aliphatic heterocycles. The van der Waals surface area contributed by atoms with Crippen LogP contribution in [0.1, 0.15) is 38.5 Å². The summed E-state index contributed by atoms with van der Waals surface area (Å²) in [4.78, 5) is 9.57. The van der Waals surface area contributed by atoms with Crippen LogP contribution < -0.4 is 0 Å². The molecule has 1 rings (SSSR count). The van der Waals surface area contributed by atoms with E-state index >= 15 is 0 Å². The highest BCUT2D eigenvalue weighted by atomic mass is 16.6. The Hall–Kier alpha value is -0.860. The molecule has 1 saturated carbocycles. The zero-order valence-corrected chi connectivity index (χ0v) is 7.24. The van der Waals surface area contributed by atoms with Gasteiger partial charge in [-0.15, -0.1) is 0 Å². The van der Waals surface area contributed by atoms with E-state index in [1.807, 2.05) is 0 Å². The Kier molecular flexibility index (Phi) is 3.77. The summed E-state index contributed by atoms with van der Waals surface area (Å²) in [7, 11) is 0. The lowest BCUT2D eigenvalue weighted by molar-refractivity contribution is -0.402. The summed E-state index contributed by atoms with van der Waals surface area (Å²) in [5, 5.41) is 9.96. The van der Waals surface area contributed by atoms with Crippen LogP contribution in [0, 0.1) is 16.0 Å². The second-order valence-corrected chi connectivity index (χ2v) is 3.41. The van der Waals surface area contributed by atoms with Crippen molar-refractivity contribution in [3.63, 3.8) is 0 Å². The van der Waals surface area contributed by atoms with Crippen molar-refractivity contribution < 1.29 is 4.92 Å². The van der Waals surface area contributed by atoms with Gasteiger partial charge in [0.1, 0.15) is 0 Å². The summed E-state index contributed by atoms with van der Waals surface area (Å²) < 4.78 is 0. The maximum absolute atomic E-state index is 9.96. The third kappa shape index (κ3) is 3.51. The van der Waals surface area contributed by atoms with E-state index in [4.69, 9.17) is 0 Å². The zero-order chi connectivity index (χ0) is 8.81. The molecule has 0 atom stereocenters. The van der Waals surface area contributed by atoms with Crippen LogP contribution in [0.15, 0.2) is 12.3 Å². The number of nitrogens with zero attached hydrogens (tertiary/aromatic N) is 1. The van der Waals surface area contributed by atoms with Gasteiger partial charge in [0, 0.05) is 0 Å². The van der Waals surface area contributed by atoms with Gasteiger partial charge in [-0.05, 0) is 18.4 Å². The third-order valence-corrected chi connectivity index (χ3v) is 2.42. The predicted molar refractivity (Wildman–Crippen MR) is 47.3 cm³/mol. The van der Waals surface area contributed by atoms with Gasteiger partial charge in [0.25, 0.3) is 0 Å². The van der Waals surface area contributed by atoms with E-state index in [0.29, 0.717) is 5.92 Å². The van der Waals surface area contributed by atoms with Crippen molar-refractivity contribution in [2.24, 2.45) is 5.92 Å². The Balaban J connectivity index is 2.17. The molecule has 1 aliphatic rings. The molecular formula is C9H15NO2. The molecule has 0 saturated heterocycles. The fraction of sp³-hybridized carbons (Fsp3) is 0.778. The molecule has 1 fully saturated rings. The molecule has 0 aromatic heterocycles. The van der Waals surface area contributed by atoms with Crippen LogP contribution in [0.25, 0.3) is 0 Å². The standard InChI is InChI=1S/C9H15NO2/c11-10(12)8-4-7-9-5-2-1-3-6-9/h4,8-9H,1-3,5-7H2/b8-4+. The van der Waals surface area contributed by atoms with Crippen molar-refractivity contribution >= 4 is 0 Å². The zero-order valence-electron chi connectivity index (χ0n) is 7.24. The van der Waals surface area contributed by atoms with Gasteiger partial charge in [-0.3, -0.25) is 10.1 Å². The van der Waals surface area contributed by atoms with Gasteiger partial charge >= 0.3 is 0 Å². The molecule has 68 valence electrons. The van der Waals surface area contributed by atoms with Gasteiger partial charge in [-0.25, -0.2) is 0 Å². The first-order valence-electron chi connectivity index (χ1n) is 4.59. The van der Waals surface area contributed by atoms with Crippen molar-refractivity contribution in [1.29, 1.82) is 0 Å². The van der Waals surface area contributed by atoms with Crippen LogP contribution in [0.3, 0.4) is 0 Å². The molecule has 0 spiro atoms. The lowest BCUT2D eigenvalue weighted by Gasteiger charge is -2.19. The number of hydrogen-bond acceptors (Lipinski definition) is 2. The molecule has 0 unspecified atom stereocenters. The highest BCUT2D eigenvalue weighted by molar-refractivity contribution is 4.78. The molecule has 0 aromatic rings. The van der Waals surface area contributed by atoms with Crippen molar-refractivity contribution in [3.8, 4) is 0 Å². The van der Waals surface area contributed by atoms with Crippen LogP contribution in [-0.4, -0.2) is 4.92 Å². The van der Waals surface area contributed by atoms with Crippen LogP contribution in [0.5, 0.6) is 0 Å². The maximum Gasteiger partial charge on any atom is 0.230 e. The molecule has 0 amide bonds. The lowest BCUT2D eigenvalue weighted by atomic mass is 9.87. The largest absolute Gasteiger partial charge is 0.259 e. The van der Waals surface area contributed by atoms with E-state index in [9.17, 15) is 10.1 Å². The van der Waals surface area contributed by atoms with Gasteiger partial charge in [0.15, 0.2) is 0 Å². The minimum absolute atomic E-state index is 0.386. The van der Waals surface area contributed by atoms with Gasteiger partial charge in [0.05, 0.1) is 4.92 Å². The van der Waals surface area contributed by atoms with Crippen molar-refractivity contribution in [1.82, 2.24) is 0 Å². The lowest BCUT2D eigenvalue weighted by Crippen LogP contribution is -2.04. The van der Waals surface area contributed by atoms with Crippen LogP contribution in [-0.2, 0) is 0 Å². The summed E-state index contributed by atoms with van der Waals surface area (Å²) in [6, 6.07) is 0. The number of hydrogen-bond donors (Lipinski definition) is 0. The second kappa shape index (κ2) is 4.91. The van der Waals surface area contributed by atoms with Crippen LogP contribution in [0.4, 0.5) is 0 Å². The predicted octanol–water partition coefficient (Wildman–Crippen LogP) is 2.75. The fourth-order valence-electron chi connectivity index (χ4n) is 1.76. The smallest absolute Gasteiger partial charge is 0.230 e. The molecule has 0 heterocycles. The monoisotopic (exact) mass is 169 g/mol. The normalized spacial score (nSPS) is 20.0. The summed E-state index contributed by atoms with van der Waals surface area (Å²) in [6.45, 7) is 0. The van der Waals surface area contributed by atoms with E-state index in [-0.39, 0.29) is 4.92 Å². The van der Waals surface area contributed by atoms with E-state index in [1.54, 1.807) is 6.08 Å². The highest BCUT2D eigenvalue weighted by Gasteiger charge is 2.11. The van der Waals surface area contributed by atoms with Gasteiger partial charge in [-0.1, -0.05) is 32.1 Å². The van der Waals surface area contributed by atoms with Gasteiger partial charge < -0.3 is 0 Å². The molecule has 0 bridgehead atoms. The molecule has 12 heavy (non-hydrogen) atoms. The average molecular weight is 169 g/mol. The Bertz CT molecular complexity index is 171. The molecule has 0 N–H and O–H groups in total. The molecule has 1 aliphatic carbocycles. The van der Waals surface area contributed by atoms with Crippen LogP contribution in [0.2, 0.25) is 0 Å². The number of allylic oxidation sites excluding steroid dienone is 1. The quantitative estimate of drug-likeness (QED) is 0.481. The summed E-state index contributed by atoms with van der Waals surface area (Å²) >= 11 is 0. The van der Waals surface area contributed by atoms with Crippen molar-refractivity contribution in [2.75, 3.05) is 0 Å². The fourth-order valence-corrected chi connectivity index (χ4v) is 1.76. The Morgan fingerprint density at radius 2 is 2.00 bits per heavy atom. The molecule has 3 heteroatoms. The molecular weight excluding hydrogens is 154 g/mol. The first-order valence-corrected chi connectivity index (χ1v) is 4.59. The SMILES string of the molecule is O=[N+]([O-])/C=C/CC1CCCCC1. The number of nitro groups is 1. The topological polar surface area (TPSA) is 43.1 Å². The van der Waals surface area contributed by atoms with Gasteiger partial charge in [-0.2, -0.15) is 0 Å². The first-order chi connectivity index (χ1) is 5.79. The first kappa shape index (κ1) is 9.23. The average Bonchev–Trinajstić information content (AvgIpc) is 2.05. The van der Waals surface area contributed by atoms with Gasteiger partial charge in [0.2, 0.25) is 6.20 Å². The Morgan fingerprint density at radius 1 is 1.33 bits per heavy atom. The molecule has 0 aromatic carbocycles. The number of rotatable bonds is 3. The third-order valence-electron chi connectivity index (χ3n) is 2.42. The minimum Gasteiger partial charge on any atom is -0.259 e. The van der Waals surface area contributed by atoms with Crippen molar-refractivity contribution in [2.45, 2.75) is 38.5 Å². The Morgan fingerprint density at radius 3 is 2.58 bits per heavy atom. The Labute approximate surface area is 72.6 Å². The summed E-state index contributed by atoms with van der Waals surface area (Å²) in [5.74, 6) is 0.704. The second-order valence-electron chi connectivity index (χ2n) is 3.41. The maximum atomic E-state index is 9.96.